The van der Waals surface area contributed by atoms with Crippen molar-refractivity contribution in [3.63, 3.8) is 0 Å². The third kappa shape index (κ3) is 17.0. The Morgan fingerprint density at radius 2 is 0.542 bits per heavy atom. The van der Waals surface area contributed by atoms with Gasteiger partial charge >= 0.3 is 0 Å². The van der Waals surface area contributed by atoms with Gasteiger partial charge in [-0.25, -0.2) is 0 Å². The van der Waals surface area contributed by atoms with Crippen LogP contribution in [0.2, 0.25) is 0 Å². The summed E-state index contributed by atoms with van der Waals surface area (Å²) in [7, 11) is 0. The third-order valence-electron chi connectivity index (χ3n) is 14.6. The predicted octanol–water partition coefficient (Wildman–Crippen LogP) is 22.6. The Labute approximate surface area is 494 Å². The van der Waals surface area contributed by atoms with Gasteiger partial charge in [0.25, 0.3) is 0 Å². The van der Waals surface area contributed by atoms with Gasteiger partial charge in [-0.05, 0) is 147 Å². The molecule has 12 aromatic rings. The Hall–Kier alpha value is -9.95. The number of aliphatic imine (C=N–C) groups is 1. The smallest absolute Gasteiger partial charge is 0.0658 e. The summed E-state index contributed by atoms with van der Waals surface area (Å²) in [5.74, 6) is 0. The topological polar surface area (TPSA) is 12.4 Å². The second-order valence-electron chi connectivity index (χ2n) is 20.9. The number of hydrogen-bond acceptors (Lipinski definition) is 1. The summed E-state index contributed by atoms with van der Waals surface area (Å²) in [6.45, 7) is 12.3. The number of benzene rings is 12. The van der Waals surface area contributed by atoms with Crippen LogP contribution in [0.15, 0.2) is 327 Å². The van der Waals surface area contributed by atoms with E-state index in [2.05, 4.69) is 343 Å². The molecule has 0 unspecified atom stereocenters. The highest BCUT2D eigenvalue weighted by Gasteiger charge is 2.06. The summed E-state index contributed by atoms with van der Waals surface area (Å²) in [6.07, 6.45) is 5.32. The van der Waals surface area contributed by atoms with Crippen molar-refractivity contribution < 1.29 is 0 Å². The number of rotatable bonds is 13. The molecule has 0 fully saturated rings. The quantitative estimate of drug-likeness (QED) is 0.102. The Bertz CT molecular complexity index is 3880. The van der Waals surface area contributed by atoms with Gasteiger partial charge in [0, 0.05) is 0 Å². The standard InChI is InChI=1S/C29H25N.C21H20.C19H16.C13H12/c1-22-8-13-25(14-9-22)27-17-19-28(20-18-27)29(30-2)21-12-23-10-15-26(16-11-23)24-6-4-3-5-7-24;1-2-7-17-12-14-19(15-13-17)21-11-6-10-20(16-21)18-8-4-3-5-9-18;1-15-10-12-17(13-11-15)19-9-5-8-18(14-19)16-6-3-2-4-7-16;1-11-7-9-13(10-8-11)12-5-3-2-4-6-12/h3-11,13-21H,2,12H2,1H3;3-6,8-16H,2,7H2,1H3;2-14H,1H3;2-10H,1H3/b29-21-;;;. The molecular weight excluding hydrogens is 999 g/mol. The van der Waals surface area contributed by atoms with Gasteiger partial charge in [0.1, 0.15) is 0 Å². The van der Waals surface area contributed by atoms with Crippen molar-refractivity contribution in [3.05, 3.63) is 355 Å². The molecule has 0 bridgehead atoms. The third-order valence-corrected chi connectivity index (χ3v) is 14.6. The first-order valence-electron chi connectivity index (χ1n) is 28.9. The molecule has 0 saturated heterocycles. The van der Waals surface area contributed by atoms with Crippen LogP contribution >= 0.6 is 0 Å². The molecule has 0 aliphatic rings. The Morgan fingerprint density at radius 1 is 0.289 bits per heavy atom. The maximum absolute atomic E-state index is 4.26. The molecule has 0 atom stereocenters. The minimum absolute atomic E-state index is 0.823. The molecule has 0 aromatic heterocycles. The van der Waals surface area contributed by atoms with Crippen LogP contribution in [0.5, 0.6) is 0 Å². The van der Waals surface area contributed by atoms with Crippen LogP contribution in [-0.2, 0) is 12.8 Å². The van der Waals surface area contributed by atoms with Gasteiger partial charge in [0.2, 0.25) is 0 Å². The van der Waals surface area contributed by atoms with Gasteiger partial charge in [-0.1, -0.05) is 339 Å². The second-order valence-corrected chi connectivity index (χ2v) is 20.9. The van der Waals surface area contributed by atoms with E-state index in [9.17, 15) is 0 Å². The van der Waals surface area contributed by atoms with E-state index in [4.69, 9.17) is 0 Å². The van der Waals surface area contributed by atoms with E-state index < -0.39 is 0 Å². The largest absolute Gasteiger partial charge is 0.264 e. The van der Waals surface area contributed by atoms with Crippen molar-refractivity contribution in [2.75, 3.05) is 0 Å². The summed E-state index contributed by atoms with van der Waals surface area (Å²) in [5.41, 5.74) is 26.2. The monoisotopic (exact) mass is 1070 g/mol. The van der Waals surface area contributed by atoms with Crippen LogP contribution in [-0.4, -0.2) is 6.72 Å². The summed E-state index contributed by atoms with van der Waals surface area (Å²) in [4.78, 5) is 4.26. The second kappa shape index (κ2) is 30.0. The molecule has 0 aliphatic carbocycles. The minimum Gasteiger partial charge on any atom is -0.264 e. The highest BCUT2D eigenvalue weighted by Crippen LogP contribution is 2.30. The average Bonchev–Trinajstić information content (AvgIpc) is 3.63. The molecule has 12 rings (SSSR count). The predicted molar refractivity (Wildman–Crippen MR) is 360 cm³/mol. The van der Waals surface area contributed by atoms with Gasteiger partial charge in [-0.2, -0.15) is 0 Å². The molecule has 1 nitrogen and oxygen atoms in total. The molecule has 0 saturated carbocycles. The van der Waals surface area contributed by atoms with Gasteiger partial charge in [0.05, 0.1) is 5.70 Å². The zero-order valence-electron chi connectivity index (χ0n) is 48.4. The Balaban J connectivity index is 0.000000138. The number of aryl methyl sites for hydroxylation is 4. The van der Waals surface area contributed by atoms with Crippen LogP contribution in [0.4, 0.5) is 0 Å². The van der Waals surface area contributed by atoms with Crippen molar-refractivity contribution in [1.29, 1.82) is 0 Å². The molecule has 406 valence electrons. The van der Waals surface area contributed by atoms with E-state index in [1.54, 1.807) is 0 Å². The summed E-state index contributed by atoms with van der Waals surface area (Å²) in [6, 6.07) is 111. The van der Waals surface area contributed by atoms with Crippen LogP contribution in [0.25, 0.3) is 83.6 Å². The maximum atomic E-state index is 4.26. The highest BCUT2D eigenvalue weighted by molar-refractivity contribution is 5.76. The van der Waals surface area contributed by atoms with E-state index in [1.807, 2.05) is 18.2 Å². The van der Waals surface area contributed by atoms with Crippen LogP contribution in [0.3, 0.4) is 0 Å². The van der Waals surface area contributed by atoms with E-state index in [0.717, 1.165) is 24.1 Å². The first-order chi connectivity index (χ1) is 40.8. The fourth-order valence-corrected chi connectivity index (χ4v) is 9.82. The first kappa shape index (κ1) is 57.7. The molecule has 83 heavy (non-hydrogen) atoms. The summed E-state index contributed by atoms with van der Waals surface area (Å²) < 4.78 is 0. The van der Waals surface area contributed by atoms with Gasteiger partial charge in [-0.3, -0.25) is 4.99 Å². The van der Waals surface area contributed by atoms with Gasteiger partial charge in [0.15, 0.2) is 0 Å². The van der Waals surface area contributed by atoms with Crippen LogP contribution in [0.1, 0.15) is 46.7 Å². The maximum Gasteiger partial charge on any atom is 0.0658 e. The van der Waals surface area contributed by atoms with Crippen molar-refractivity contribution in [1.82, 2.24) is 0 Å². The lowest BCUT2D eigenvalue weighted by Crippen LogP contribution is -1.87. The molecule has 0 radical (unpaired) electrons. The van der Waals surface area contributed by atoms with Crippen molar-refractivity contribution in [2.45, 2.75) is 47.0 Å². The highest BCUT2D eigenvalue weighted by atomic mass is 14.7. The number of hydrogen-bond donors (Lipinski definition) is 0. The van der Waals surface area contributed by atoms with E-state index in [-0.39, 0.29) is 0 Å². The van der Waals surface area contributed by atoms with Crippen molar-refractivity contribution in [2.24, 2.45) is 4.99 Å². The van der Waals surface area contributed by atoms with Gasteiger partial charge in [-0.15, -0.1) is 0 Å². The lowest BCUT2D eigenvalue weighted by atomic mass is 9.98. The van der Waals surface area contributed by atoms with Crippen molar-refractivity contribution in [3.8, 4) is 77.9 Å². The van der Waals surface area contributed by atoms with Gasteiger partial charge < -0.3 is 0 Å². The first-order valence-corrected chi connectivity index (χ1v) is 28.9. The zero-order valence-corrected chi connectivity index (χ0v) is 48.4. The molecule has 0 N–H and O–H groups in total. The lowest BCUT2D eigenvalue weighted by molar-refractivity contribution is 0.922. The molecule has 0 spiro atoms. The Morgan fingerprint density at radius 3 is 0.855 bits per heavy atom. The normalized spacial score (nSPS) is 10.7. The average molecular weight is 1070 g/mol. The molecule has 1 heteroatoms. The number of nitrogens with zero attached hydrogens (tertiary/aromatic N) is 1. The zero-order chi connectivity index (χ0) is 57.4. The summed E-state index contributed by atoms with van der Waals surface area (Å²) in [5, 5.41) is 0. The van der Waals surface area contributed by atoms with Crippen LogP contribution < -0.4 is 0 Å². The number of allylic oxidation sites excluding steroid dienone is 1. The van der Waals surface area contributed by atoms with Crippen molar-refractivity contribution >= 4 is 12.4 Å². The summed E-state index contributed by atoms with van der Waals surface area (Å²) >= 11 is 0. The minimum atomic E-state index is 0.823. The lowest BCUT2D eigenvalue weighted by Gasteiger charge is -2.07. The Kier molecular flexibility index (Phi) is 20.9. The fourth-order valence-electron chi connectivity index (χ4n) is 9.82. The molecule has 0 amide bonds. The van der Waals surface area contributed by atoms with Crippen LogP contribution in [0, 0.1) is 20.8 Å². The SMILES string of the molecule is C=N/C(=C\Cc1ccc(-c2ccccc2)cc1)c1ccc(-c2ccc(C)cc2)cc1.CCCc1ccc(-c2cccc(-c3ccccc3)c2)cc1.Cc1ccc(-c2cccc(-c3ccccc3)c2)cc1.Cc1ccc(-c2ccccc2)cc1. The molecule has 0 aliphatic heterocycles. The molecular formula is C82H73N. The van der Waals surface area contributed by atoms with E-state index in [1.165, 1.54) is 112 Å². The van der Waals surface area contributed by atoms with E-state index >= 15 is 0 Å². The van der Waals surface area contributed by atoms with E-state index in [0.29, 0.717) is 0 Å². The fraction of sp³-hybridized carbons (Fsp3) is 0.0854. The molecule has 0 heterocycles. The molecule has 12 aromatic carbocycles.